The number of hydrogen-bond acceptors (Lipinski definition) is 1. The van der Waals surface area contributed by atoms with E-state index in [1.807, 2.05) is 0 Å². The van der Waals surface area contributed by atoms with E-state index >= 15 is 0 Å². The van der Waals surface area contributed by atoms with Crippen molar-refractivity contribution in [3.63, 3.8) is 0 Å². The summed E-state index contributed by atoms with van der Waals surface area (Å²) in [5, 5.41) is 7.59. The first-order valence-electron chi connectivity index (χ1n) is 24.1. The molecule has 2 nitrogen and oxygen atoms in total. The Morgan fingerprint density at radius 1 is 0.243 bits per heavy atom. The van der Waals surface area contributed by atoms with Gasteiger partial charge >= 0.3 is 0 Å². The van der Waals surface area contributed by atoms with Crippen LogP contribution in [-0.2, 0) is 0 Å². The van der Waals surface area contributed by atoms with Crippen molar-refractivity contribution < 1.29 is 0 Å². The van der Waals surface area contributed by atoms with E-state index in [2.05, 4.69) is 289 Å². The number of fused-ring (bicyclic) bond motifs is 6. The molecule has 0 fully saturated rings. The average molecular weight is 891 g/mol. The molecule has 70 heavy (non-hydrogen) atoms. The number of aromatic nitrogens is 1. The fourth-order valence-electron chi connectivity index (χ4n) is 10.7. The highest BCUT2D eigenvalue weighted by molar-refractivity contribution is 6.10. The second-order valence-corrected chi connectivity index (χ2v) is 18.0. The molecule has 0 saturated heterocycles. The lowest BCUT2D eigenvalue weighted by molar-refractivity contribution is 1.18. The first-order valence-corrected chi connectivity index (χ1v) is 24.1. The van der Waals surface area contributed by atoms with Crippen LogP contribution in [0.2, 0.25) is 0 Å². The Kier molecular flexibility index (Phi) is 10.2. The molecular formula is C68H46N2. The normalized spacial score (nSPS) is 11.4. The van der Waals surface area contributed by atoms with Gasteiger partial charge in [-0.25, -0.2) is 0 Å². The van der Waals surface area contributed by atoms with Gasteiger partial charge in [0.2, 0.25) is 0 Å². The molecule has 1 heterocycles. The Morgan fingerprint density at radius 2 is 0.671 bits per heavy atom. The highest BCUT2D eigenvalue weighted by Crippen LogP contribution is 2.46. The minimum atomic E-state index is 1.07. The summed E-state index contributed by atoms with van der Waals surface area (Å²) in [5.74, 6) is 0. The Balaban J connectivity index is 0.908. The maximum absolute atomic E-state index is 2.42. The molecule has 0 amide bonds. The Bertz CT molecular complexity index is 3980. The van der Waals surface area contributed by atoms with Gasteiger partial charge in [-0.2, -0.15) is 0 Å². The molecule has 0 N–H and O–H groups in total. The lowest BCUT2D eigenvalue weighted by atomic mass is 9.88. The molecule has 13 aromatic rings. The smallest absolute Gasteiger partial charge is 0.0541 e. The predicted molar refractivity (Wildman–Crippen MR) is 298 cm³/mol. The SMILES string of the molecule is c1ccc(-c2ccccc2-c2ccccc2-c2ccccc2N(c2ccc(-c3ccc(-n4c5ccccc5c5ccccc54)cc3)cc2)c2ccc(-c3ccc4c(ccc5ccccc54)c3)cc2)cc1. The van der Waals surface area contributed by atoms with E-state index in [1.165, 1.54) is 87.9 Å². The molecular weight excluding hydrogens is 845 g/mol. The molecule has 0 saturated carbocycles. The molecule has 0 unspecified atom stereocenters. The second kappa shape index (κ2) is 17.4. The van der Waals surface area contributed by atoms with Gasteiger partial charge in [-0.05, 0) is 132 Å². The lowest BCUT2D eigenvalue weighted by Gasteiger charge is -2.29. The van der Waals surface area contributed by atoms with Gasteiger partial charge < -0.3 is 9.47 Å². The topological polar surface area (TPSA) is 8.17 Å². The van der Waals surface area contributed by atoms with Gasteiger partial charge in [-0.1, -0.05) is 218 Å². The fourth-order valence-corrected chi connectivity index (χ4v) is 10.7. The average Bonchev–Trinajstić information content (AvgIpc) is 3.78. The number of nitrogens with zero attached hydrogens (tertiary/aromatic N) is 2. The molecule has 12 aromatic carbocycles. The summed E-state index contributed by atoms with van der Waals surface area (Å²) < 4.78 is 2.37. The van der Waals surface area contributed by atoms with Crippen LogP contribution in [-0.4, -0.2) is 4.57 Å². The van der Waals surface area contributed by atoms with E-state index in [9.17, 15) is 0 Å². The van der Waals surface area contributed by atoms with Gasteiger partial charge in [0.15, 0.2) is 0 Å². The molecule has 2 heteroatoms. The largest absolute Gasteiger partial charge is 0.310 e. The zero-order valence-electron chi connectivity index (χ0n) is 38.5. The summed E-state index contributed by atoms with van der Waals surface area (Å²) in [4.78, 5) is 2.42. The van der Waals surface area contributed by atoms with Crippen LogP contribution >= 0.6 is 0 Å². The third-order valence-electron chi connectivity index (χ3n) is 14.0. The van der Waals surface area contributed by atoms with E-state index in [0.717, 1.165) is 33.9 Å². The van der Waals surface area contributed by atoms with Crippen LogP contribution < -0.4 is 4.90 Å². The van der Waals surface area contributed by atoms with Crippen molar-refractivity contribution in [2.75, 3.05) is 4.90 Å². The summed E-state index contributed by atoms with van der Waals surface area (Å²) in [6.07, 6.45) is 0. The van der Waals surface area contributed by atoms with Gasteiger partial charge in [-0.15, -0.1) is 0 Å². The monoisotopic (exact) mass is 890 g/mol. The van der Waals surface area contributed by atoms with Crippen molar-refractivity contribution in [2.24, 2.45) is 0 Å². The minimum absolute atomic E-state index is 1.07. The number of anilines is 3. The van der Waals surface area contributed by atoms with Gasteiger partial charge in [0.1, 0.15) is 0 Å². The van der Waals surface area contributed by atoms with Crippen molar-refractivity contribution in [2.45, 2.75) is 0 Å². The molecule has 0 aliphatic heterocycles. The highest BCUT2D eigenvalue weighted by Gasteiger charge is 2.21. The number of rotatable bonds is 9. The van der Waals surface area contributed by atoms with Crippen LogP contribution in [0.25, 0.3) is 105 Å². The molecule has 0 radical (unpaired) electrons. The van der Waals surface area contributed by atoms with Gasteiger partial charge in [-0.3, -0.25) is 0 Å². The van der Waals surface area contributed by atoms with Crippen LogP contribution in [0, 0.1) is 0 Å². The van der Waals surface area contributed by atoms with Crippen LogP contribution in [0.4, 0.5) is 17.1 Å². The molecule has 1 aromatic heterocycles. The maximum Gasteiger partial charge on any atom is 0.0541 e. The van der Waals surface area contributed by atoms with Gasteiger partial charge in [0.25, 0.3) is 0 Å². The summed E-state index contributed by atoms with van der Waals surface area (Å²) in [6, 6.07) is 102. The molecule has 0 atom stereocenters. The summed E-state index contributed by atoms with van der Waals surface area (Å²) in [7, 11) is 0. The first kappa shape index (κ1) is 41.0. The third kappa shape index (κ3) is 7.22. The van der Waals surface area contributed by atoms with E-state index < -0.39 is 0 Å². The molecule has 0 aliphatic carbocycles. The van der Waals surface area contributed by atoms with E-state index in [-0.39, 0.29) is 0 Å². The third-order valence-corrected chi connectivity index (χ3v) is 14.0. The van der Waals surface area contributed by atoms with E-state index in [0.29, 0.717) is 0 Å². The Hall–Kier alpha value is -9.24. The standard InChI is InChI=1S/C68H46N2/c1-2-16-50(17-3-1)58-20-6-7-21-60(58)61-22-8-9-23-62(61)63-24-10-13-27-66(63)69(55-41-36-49(37-42-55)52-38-45-59-53(46-52)31-30-51-18-4-5-19-57(51)59)54-39-32-47(33-40-54)48-34-43-56(44-35-48)70-67-28-14-11-25-64(67)65-26-12-15-29-68(65)70/h1-46H. The van der Waals surface area contributed by atoms with Crippen molar-refractivity contribution in [1.29, 1.82) is 0 Å². The van der Waals surface area contributed by atoms with Crippen molar-refractivity contribution in [3.8, 4) is 61.3 Å². The summed E-state index contributed by atoms with van der Waals surface area (Å²) >= 11 is 0. The molecule has 0 bridgehead atoms. The second-order valence-electron chi connectivity index (χ2n) is 18.0. The Labute approximate surface area is 408 Å². The van der Waals surface area contributed by atoms with Crippen LogP contribution in [0.3, 0.4) is 0 Å². The van der Waals surface area contributed by atoms with Gasteiger partial charge in [0.05, 0.1) is 16.7 Å². The van der Waals surface area contributed by atoms with Crippen molar-refractivity contribution in [3.05, 3.63) is 279 Å². The Morgan fingerprint density at radius 3 is 1.31 bits per heavy atom. The number of hydrogen-bond donors (Lipinski definition) is 0. The predicted octanol–water partition coefficient (Wildman–Crippen LogP) is 18.9. The van der Waals surface area contributed by atoms with E-state index in [4.69, 9.17) is 0 Å². The maximum atomic E-state index is 2.42. The lowest BCUT2D eigenvalue weighted by Crippen LogP contribution is -2.11. The zero-order chi connectivity index (χ0) is 46.4. The molecule has 0 aliphatic rings. The molecule has 13 rings (SSSR count). The van der Waals surface area contributed by atoms with E-state index in [1.54, 1.807) is 0 Å². The summed E-state index contributed by atoms with van der Waals surface area (Å²) in [6.45, 7) is 0. The van der Waals surface area contributed by atoms with Crippen molar-refractivity contribution in [1.82, 2.24) is 4.57 Å². The quantitative estimate of drug-likeness (QED) is 0.131. The fraction of sp³-hybridized carbons (Fsp3) is 0. The molecule has 0 spiro atoms. The van der Waals surface area contributed by atoms with Crippen LogP contribution in [0.1, 0.15) is 0 Å². The van der Waals surface area contributed by atoms with Crippen LogP contribution in [0.15, 0.2) is 279 Å². The highest BCUT2D eigenvalue weighted by atomic mass is 15.1. The number of para-hydroxylation sites is 3. The van der Waals surface area contributed by atoms with Crippen LogP contribution in [0.5, 0.6) is 0 Å². The number of benzene rings is 12. The molecule has 328 valence electrons. The summed E-state index contributed by atoms with van der Waals surface area (Å²) in [5.41, 5.74) is 18.6. The zero-order valence-corrected chi connectivity index (χ0v) is 38.5. The minimum Gasteiger partial charge on any atom is -0.310 e. The van der Waals surface area contributed by atoms with Crippen molar-refractivity contribution >= 4 is 60.4 Å². The van der Waals surface area contributed by atoms with Gasteiger partial charge in [0, 0.05) is 33.4 Å². The first-order chi connectivity index (χ1) is 34.7.